The molecule has 2 heteroatoms. The molecule has 0 radical (unpaired) electrons. The average Bonchev–Trinajstić information content (AvgIpc) is 2.77. The van der Waals surface area contributed by atoms with Gasteiger partial charge in [0.15, 0.2) is 0 Å². The predicted molar refractivity (Wildman–Crippen MR) is 75.3 cm³/mol. The van der Waals surface area contributed by atoms with Crippen LogP contribution in [0.2, 0.25) is 0 Å². The fraction of sp³-hybridized carbons (Fsp3) is 0.500. The van der Waals surface area contributed by atoms with Crippen molar-refractivity contribution in [1.82, 2.24) is 4.98 Å². The van der Waals surface area contributed by atoms with Gasteiger partial charge in [0.1, 0.15) is 5.75 Å². The van der Waals surface area contributed by atoms with E-state index in [2.05, 4.69) is 24.0 Å². The number of fused-ring (bicyclic) bond motifs is 3. The first-order valence-corrected chi connectivity index (χ1v) is 7.00. The molecule has 0 saturated heterocycles. The van der Waals surface area contributed by atoms with Gasteiger partial charge in [0.25, 0.3) is 0 Å². The number of nitrogens with one attached hydrogen (secondary N) is 1. The van der Waals surface area contributed by atoms with Crippen molar-refractivity contribution in [2.45, 2.75) is 39.0 Å². The molecule has 1 aliphatic carbocycles. The van der Waals surface area contributed by atoms with E-state index in [-0.39, 0.29) is 0 Å². The lowest BCUT2D eigenvalue weighted by molar-refractivity contribution is 0.418. The molecule has 3 rings (SSSR count). The maximum absolute atomic E-state index is 5.45. The smallest absolute Gasteiger partial charge is 0.142 e. The Bertz CT molecular complexity index is 555. The van der Waals surface area contributed by atoms with E-state index in [1.807, 2.05) is 6.07 Å². The monoisotopic (exact) mass is 243 g/mol. The molecule has 0 saturated carbocycles. The van der Waals surface area contributed by atoms with E-state index in [0.717, 1.165) is 11.7 Å². The lowest BCUT2D eigenvalue weighted by Crippen LogP contribution is -2.13. The van der Waals surface area contributed by atoms with Crippen LogP contribution in [0.3, 0.4) is 0 Å². The molecule has 1 atom stereocenters. The van der Waals surface area contributed by atoms with Crippen molar-refractivity contribution in [2.24, 2.45) is 5.92 Å². The Morgan fingerprint density at radius 1 is 1.39 bits per heavy atom. The molecular weight excluding hydrogens is 222 g/mol. The number of H-pyrrole nitrogens is 1. The third kappa shape index (κ3) is 1.80. The number of aryl methyl sites for hydroxylation is 1. The third-order valence-electron chi connectivity index (χ3n) is 4.20. The maximum Gasteiger partial charge on any atom is 0.142 e. The van der Waals surface area contributed by atoms with Crippen molar-refractivity contribution < 1.29 is 4.74 Å². The average molecular weight is 243 g/mol. The van der Waals surface area contributed by atoms with Gasteiger partial charge in [-0.15, -0.1) is 0 Å². The van der Waals surface area contributed by atoms with Crippen LogP contribution in [0.25, 0.3) is 10.9 Å². The van der Waals surface area contributed by atoms with Gasteiger partial charge >= 0.3 is 0 Å². The molecule has 1 aromatic carbocycles. The summed E-state index contributed by atoms with van der Waals surface area (Å²) in [6, 6.07) is 6.36. The molecule has 0 aliphatic heterocycles. The predicted octanol–water partition coefficient (Wildman–Crippen LogP) is 4.08. The van der Waals surface area contributed by atoms with E-state index in [4.69, 9.17) is 4.74 Å². The van der Waals surface area contributed by atoms with Crippen LogP contribution in [0.5, 0.6) is 5.75 Å². The number of para-hydroxylation sites is 1. The van der Waals surface area contributed by atoms with Gasteiger partial charge in [-0.3, -0.25) is 0 Å². The number of benzene rings is 1. The van der Waals surface area contributed by atoms with Crippen LogP contribution < -0.4 is 4.74 Å². The molecule has 1 N–H and O–H groups in total. The number of ether oxygens (including phenoxy) is 1. The van der Waals surface area contributed by atoms with Gasteiger partial charge in [0.05, 0.1) is 12.6 Å². The van der Waals surface area contributed by atoms with E-state index >= 15 is 0 Å². The molecule has 0 spiro atoms. The van der Waals surface area contributed by atoms with Gasteiger partial charge in [-0.2, -0.15) is 0 Å². The number of aromatic amines is 1. The summed E-state index contributed by atoms with van der Waals surface area (Å²) in [6.07, 6.45) is 6.41. The standard InChI is InChI=1S/C16H21NO/c1-3-5-11-8-9-14-13(10-11)12-6-4-7-15(18-2)16(12)17-14/h4,6-7,11,17H,3,5,8-10H2,1-2H3. The molecule has 1 heterocycles. The number of hydrogen-bond acceptors (Lipinski definition) is 1. The normalized spacial score (nSPS) is 18.9. The molecule has 0 bridgehead atoms. The zero-order valence-corrected chi connectivity index (χ0v) is 11.3. The molecular formula is C16H21NO. The lowest BCUT2D eigenvalue weighted by Gasteiger charge is -2.21. The molecule has 18 heavy (non-hydrogen) atoms. The summed E-state index contributed by atoms with van der Waals surface area (Å²) in [5.74, 6) is 1.83. The first kappa shape index (κ1) is 11.6. The van der Waals surface area contributed by atoms with Crippen LogP contribution in [0.1, 0.15) is 37.4 Å². The van der Waals surface area contributed by atoms with Gasteiger partial charge < -0.3 is 9.72 Å². The van der Waals surface area contributed by atoms with Gasteiger partial charge in [-0.1, -0.05) is 31.9 Å². The SMILES string of the molecule is CCCC1CCc2[nH]c3c(OC)cccc3c2C1. The molecule has 0 fully saturated rings. The van der Waals surface area contributed by atoms with Gasteiger partial charge in [-0.25, -0.2) is 0 Å². The van der Waals surface area contributed by atoms with Crippen molar-refractivity contribution in [2.75, 3.05) is 7.11 Å². The minimum atomic E-state index is 0.868. The first-order valence-electron chi connectivity index (χ1n) is 7.00. The van der Waals surface area contributed by atoms with Crippen molar-refractivity contribution in [3.63, 3.8) is 0 Å². The van der Waals surface area contributed by atoms with Crippen LogP contribution in [0.15, 0.2) is 18.2 Å². The van der Waals surface area contributed by atoms with Crippen LogP contribution in [0, 0.1) is 5.92 Å². The van der Waals surface area contributed by atoms with Gasteiger partial charge in [0, 0.05) is 11.1 Å². The van der Waals surface area contributed by atoms with Crippen LogP contribution >= 0.6 is 0 Å². The van der Waals surface area contributed by atoms with E-state index in [9.17, 15) is 0 Å². The van der Waals surface area contributed by atoms with Crippen LogP contribution in [-0.4, -0.2) is 12.1 Å². The Morgan fingerprint density at radius 2 is 2.28 bits per heavy atom. The van der Waals surface area contributed by atoms with Crippen molar-refractivity contribution in [3.8, 4) is 5.75 Å². The molecule has 1 aromatic heterocycles. The summed E-state index contributed by atoms with van der Waals surface area (Å²) in [5, 5.41) is 1.37. The Labute approximate surface area is 108 Å². The number of methoxy groups -OCH3 is 1. The fourth-order valence-corrected chi connectivity index (χ4v) is 3.31. The summed E-state index contributed by atoms with van der Waals surface area (Å²) < 4.78 is 5.45. The number of rotatable bonds is 3. The summed E-state index contributed by atoms with van der Waals surface area (Å²) in [4.78, 5) is 3.57. The molecule has 2 aromatic rings. The van der Waals surface area contributed by atoms with E-state index in [1.165, 1.54) is 54.3 Å². The van der Waals surface area contributed by atoms with E-state index < -0.39 is 0 Å². The Kier molecular flexibility index (Phi) is 3.02. The Morgan fingerprint density at radius 3 is 3.06 bits per heavy atom. The second kappa shape index (κ2) is 4.68. The number of aromatic nitrogens is 1. The molecule has 0 amide bonds. The summed E-state index contributed by atoms with van der Waals surface area (Å²) in [5.41, 5.74) is 4.15. The van der Waals surface area contributed by atoms with E-state index in [0.29, 0.717) is 0 Å². The highest BCUT2D eigenvalue weighted by atomic mass is 16.5. The van der Waals surface area contributed by atoms with E-state index in [1.54, 1.807) is 7.11 Å². The molecule has 1 aliphatic rings. The second-order valence-corrected chi connectivity index (χ2v) is 5.36. The topological polar surface area (TPSA) is 25.0 Å². The highest BCUT2D eigenvalue weighted by Gasteiger charge is 2.22. The first-order chi connectivity index (χ1) is 8.83. The highest BCUT2D eigenvalue weighted by molar-refractivity contribution is 5.89. The minimum absolute atomic E-state index is 0.868. The highest BCUT2D eigenvalue weighted by Crippen LogP contribution is 2.36. The van der Waals surface area contributed by atoms with Crippen molar-refractivity contribution in [1.29, 1.82) is 0 Å². The quantitative estimate of drug-likeness (QED) is 0.863. The summed E-state index contributed by atoms with van der Waals surface area (Å²) in [6.45, 7) is 2.29. The molecule has 1 unspecified atom stereocenters. The Balaban J connectivity index is 2.05. The maximum atomic E-state index is 5.45. The second-order valence-electron chi connectivity index (χ2n) is 5.36. The largest absolute Gasteiger partial charge is 0.495 e. The van der Waals surface area contributed by atoms with Crippen LogP contribution in [0.4, 0.5) is 0 Å². The summed E-state index contributed by atoms with van der Waals surface area (Å²) >= 11 is 0. The van der Waals surface area contributed by atoms with Crippen LogP contribution in [-0.2, 0) is 12.8 Å². The molecule has 96 valence electrons. The van der Waals surface area contributed by atoms with Crippen molar-refractivity contribution >= 4 is 10.9 Å². The van der Waals surface area contributed by atoms with Gasteiger partial charge in [-0.05, 0) is 36.8 Å². The zero-order chi connectivity index (χ0) is 12.5. The minimum Gasteiger partial charge on any atom is -0.495 e. The fourth-order valence-electron chi connectivity index (χ4n) is 3.31. The molecule has 2 nitrogen and oxygen atoms in total. The number of hydrogen-bond donors (Lipinski definition) is 1. The lowest BCUT2D eigenvalue weighted by atomic mass is 9.84. The van der Waals surface area contributed by atoms with Gasteiger partial charge in [0.2, 0.25) is 0 Å². The third-order valence-corrected chi connectivity index (χ3v) is 4.20. The Hall–Kier alpha value is -1.44. The van der Waals surface area contributed by atoms with Crippen molar-refractivity contribution in [3.05, 3.63) is 29.5 Å². The summed E-state index contributed by atoms with van der Waals surface area (Å²) in [7, 11) is 1.74. The zero-order valence-electron chi connectivity index (χ0n) is 11.3.